The van der Waals surface area contributed by atoms with Crippen molar-refractivity contribution in [1.82, 2.24) is 14.1 Å². The highest BCUT2D eigenvalue weighted by atomic mass is 16.5. The molecule has 0 aliphatic heterocycles. The van der Waals surface area contributed by atoms with Crippen molar-refractivity contribution in [2.24, 2.45) is 5.41 Å². The van der Waals surface area contributed by atoms with Crippen LogP contribution in [0.4, 0.5) is 0 Å². The highest BCUT2D eigenvalue weighted by molar-refractivity contribution is 6.11. The summed E-state index contributed by atoms with van der Waals surface area (Å²) in [6.45, 7) is 5.77. The molecule has 0 amide bonds. The van der Waals surface area contributed by atoms with Gasteiger partial charge >= 0.3 is 0 Å². The van der Waals surface area contributed by atoms with Crippen molar-refractivity contribution in [1.29, 1.82) is 0 Å². The van der Waals surface area contributed by atoms with Gasteiger partial charge in [-0.25, -0.2) is 4.98 Å². The van der Waals surface area contributed by atoms with Gasteiger partial charge in [-0.15, -0.1) is 0 Å². The number of rotatable bonds is 7. The molecule has 0 saturated heterocycles. The minimum absolute atomic E-state index is 0.585. The average Bonchev–Trinajstić information content (AvgIpc) is 3.96. The van der Waals surface area contributed by atoms with Crippen molar-refractivity contribution in [2.45, 2.75) is 27.1 Å². The van der Waals surface area contributed by atoms with E-state index in [9.17, 15) is 0 Å². The number of aromatic nitrogens is 4. The molecule has 6 nitrogen and oxygen atoms in total. The van der Waals surface area contributed by atoms with E-state index in [1.165, 1.54) is 0 Å². The summed E-state index contributed by atoms with van der Waals surface area (Å²) in [7, 11) is 0. The van der Waals surface area contributed by atoms with E-state index in [-0.39, 0.29) is 0 Å². The number of furan rings is 1. The Morgan fingerprint density at radius 3 is 2.27 bits per heavy atom. The van der Waals surface area contributed by atoms with Crippen molar-refractivity contribution in [3.8, 4) is 39.8 Å². The average molecular weight is 767 g/mol. The second kappa shape index (κ2) is 13.6. The molecule has 0 aliphatic rings. The van der Waals surface area contributed by atoms with Crippen molar-refractivity contribution < 1.29 is 16.5 Å². The molecule has 0 saturated carbocycles. The van der Waals surface area contributed by atoms with Gasteiger partial charge in [-0.05, 0) is 89.1 Å². The summed E-state index contributed by atoms with van der Waals surface area (Å²) < 4.78 is 37.5. The lowest BCUT2D eigenvalue weighted by Gasteiger charge is -2.18. The van der Waals surface area contributed by atoms with Crippen LogP contribution >= 0.6 is 0 Å². The lowest BCUT2D eigenvalue weighted by Crippen LogP contribution is -2.30. The molecule has 0 atom stereocenters. The van der Waals surface area contributed by atoms with Gasteiger partial charge in [0, 0.05) is 36.5 Å². The Labute approximate surface area is 344 Å². The summed E-state index contributed by atoms with van der Waals surface area (Å²) in [4.78, 5) is 4.78. The molecule has 6 heteroatoms. The van der Waals surface area contributed by atoms with Gasteiger partial charge in [-0.1, -0.05) is 124 Å². The topological polar surface area (TPSA) is 49.0 Å². The molecular weight excluding hydrogens is 725 g/mol. The number of hydrogen-bond donors (Lipinski definition) is 0. The number of ether oxygens (including phenoxy) is 1. The van der Waals surface area contributed by atoms with Crippen molar-refractivity contribution in [3.05, 3.63) is 188 Å². The van der Waals surface area contributed by atoms with E-state index in [2.05, 4.69) is 117 Å². The van der Waals surface area contributed by atoms with E-state index < -0.39 is 11.8 Å². The van der Waals surface area contributed by atoms with Crippen molar-refractivity contribution in [3.63, 3.8) is 0 Å². The molecule has 4 aromatic heterocycles. The van der Waals surface area contributed by atoms with E-state index >= 15 is 0 Å². The van der Waals surface area contributed by atoms with Crippen LogP contribution in [0.2, 0.25) is 0 Å². The van der Waals surface area contributed by atoms with Gasteiger partial charge in [0.05, 0.1) is 33.4 Å². The summed E-state index contributed by atoms with van der Waals surface area (Å²) in [5, 5.41) is 4.20. The summed E-state index contributed by atoms with van der Waals surface area (Å²) in [6.07, 6.45) is 3.89. The number of pyridine rings is 1. The first-order valence-electron chi connectivity index (χ1n) is 20.9. The Hall–Kier alpha value is -7.44. The summed E-state index contributed by atoms with van der Waals surface area (Å²) in [6, 6.07) is 57.4. The van der Waals surface area contributed by atoms with E-state index in [4.69, 9.17) is 16.9 Å². The molecule has 0 N–H and O–H groups in total. The Balaban J connectivity index is 1.03. The Kier molecular flexibility index (Phi) is 7.52. The second-order valence-electron chi connectivity index (χ2n) is 16.0. The van der Waals surface area contributed by atoms with Gasteiger partial charge in [0.2, 0.25) is 0 Å². The third-order valence-corrected chi connectivity index (χ3v) is 10.8. The van der Waals surface area contributed by atoms with Crippen LogP contribution in [-0.2, 0) is 6.37 Å². The first-order chi connectivity index (χ1) is 29.6. The summed E-state index contributed by atoms with van der Waals surface area (Å²) in [5.74, 6) is 1.98. The van der Waals surface area contributed by atoms with Crippen LogP contribution in [0.15, 0.2) is 180 Å². The summed E-state index contributed by atoms with van der Waals surface area (Å²) >= 11 is 0. The maximum atomic E-state index is 9.00. The number of fused-ring (bicyclic) bond motifs is 7. The normalized spacial score (nSPS) is 12.8. The fourth-order valence-corrected chi connectivity index (χ4v) is 8.43. The molecule has 59 heavy (non-hydrogen) atoms. The van der Waals surface area contributed by atoms with Crippen LogP contribution in [-0.4, -0.2) is 14.1 Å². The molecule has 0 radical (unpaired) electrons. The lowest BCUT2D eigenvalue weighted by molar-refractivity contribution is -0.570. The van der Waals surface area contributed by atoms with Crippen LogP contribution in [0.25, 0.3) is 83.1 Å². The fourth-order valence-electron chi connectivity index (χ4n) is 8.43. The number of hydrogen-bond acceptors (Lipinski definition) is 3. The molecular formula is C53H40N4O2. The SMILES string of the molecule is [2H]C([2H])(c1ccnc(-n2c3ccccc3c3ccc(Oc4cccc(-n5[c-][n+](-c6c(-c7ccccc7)ccc7oc8ccccc8c67)c6ccccc65)c4)cc32)c1)C(C)(C)C. The maximum absolute atomic E-state index is 9.00. The fraction of sp³-hybridized carbons (Fsp3) is 0.0943. The Morgan fingerprint density at radius 1 is 0.661 bits per heavy atom. The third kappa shape index (κ3) is 6.03. The number of nitrogens with zero attached hydrogens (tertiary/aromatic N) is 4. The minimum atomic E-state index is -1.57. The highest BCUT2D eigenvalue weighted by Crippen LogP contribution is 2.39. The van der Waals surface area contributed by atoms with Crippen LogP contribution in [0, 0.1) is 11.7 Å². The molecule has 0 bridgehead atoms. The lowest BCUT2D eigenvalue weighted by atomic mass is 9.88. The van der Waals surface area contributed by atoms with E-state index in [0.717, 1.165) is 77.3 Å². The van der Waals surface area contributed by atoms with Gasteiger partial charge in [0.25, 0.3) is 6.33 Å². The zero-order valence-corrected chi connectivity index (χ0v) is 32.8. The van der Waals surface area contributed by atoms with E-state index in [1.807, 2.05) is 87.5 Å². The molecule has 11 rings (SSSR count). The molecule has 7 aromatic carbocycles. The van der Waals surface area contributed by atoms with Crippen LogP contribution in [0.3, 0.4) is 0 Å². The van der Waals surface area contributed by atoms with Crippen LogP contribution < -0.4 is 9.30 Å². The highest BCUT2D eigenvalue weighted by Gasteiger charge is 2.22. The van der Waals surface area contributed by atoms with Gasteiger partial charge in [0.15, 0.2) is 0 Å². The molecule has 4 heterocycles. The van der Waals surface area contributed by atoms with Crippen molar-refractivity contribution >= 4 is 54.8 Å². The van der Waals surface area contributed by atoms with E-state index in [0.29, 0.717) is 22.9 Å². The monoisotopic (exact) mass is 766 g/mol. The number of imidazole rings is 1. The molecule has 284 valence electrons. The summed E-state index contributed by atoms with van der Waals surface area (Å²) in [5.41, 5.74) is 9.56. The van der Waals surface area contributed by atoms with Gasteiger partial charge in [-0.2, -0.15) is 0 Å². The van der Waals surface area contributed by atoms with Crippen LogP contribution in [0.5, 0.6) is 11.5 Å². The van der Waals surface area contributed by atoms with Gasteiger partial charge in [-0.3, -0.25) is 13.7 Å². The van der Waals surface area contributed by atoms with Gasteiger partial charge < -0.3 is 9.15 Å². The molecule has 0 fully saturated rings. The molecule has 0 aliphatic carbocycles. The zero-order valence-electron chi connectivity index (χ0n) is 34.8. The molecule has 11 aromatic rings. The first kappa shape index (κ1) is 32.6. The molecule has 0 unspecified atom stereocenters. The maximum Gasteiger partial charge on any atom is 0.269 e. The van der Waals surface area contributed by atoms with Crippen LogP contribution in [0.1, 0.15) is 29.1 Å². The third-order valence-electron chi connectivity index (χ3n) is 10.8. The first-order valence-corrected chi connectivity index (χ1v) is 19.9. The van der Waals surface area contributed by atoms with Gasteiger partial charge in [0.1, 0.15) is 28.5 Å². The quantitative estimate of drug-likeness (QED) is 0.120. The Bertz CT molecular complexity index is 3480. The minimum Gasteiger partial charge on any atom is -0.458 e. The second-order valence-corrected chi connectivity index (χ2v) is 16.0. The Morgan fingerprint density at radius 2 is 1.41 bits per heavy atom. The zero-order chi connectivity index (χ0) is 41.5. The smallest absolute Gasteiger partial charge is 0.269 e. The predicted molar refractivity (Wildman–Crippen MR) is 238 cm³/mol. The number of benzene rings is 7. The largest absolute Gasteiger partial charge is 0.458 e. The number of para-hydroxylation sites is 4. The van der Waals surface area contributed by atoms with Crippen molar-refractivity contribution in [2.75, 3.05) is 0 Å². The van der Waals surface area contributed by atoms with E-state index in [1.54, 1.807) is 12.3 Å². The molecule has 0 spiro atoms. The standard InChI is InChI=1S/C53H40N4O2/c1-53(2,3)33-35-28-29-54-50(30-35)57-44-20-9-7-18-41(44)42-25-24-39(32-47(42)57)58-38-17-13-16-37(31-38)55-34-56(46-22-11-10-21-45(46)55)52-40(36-14-5-4-6-15-36)26-27-49-51(52)43-19-8-12-23-48(43)59-49/h4-32H,33H2,1-3H3/i33D2. The predicted octanol–water partition coefficient (Wildman–Crippen LogP) is 13.1.